The molecular formula is C12H13BrO2. The SMILES string of the molecule is C=C1CCc2cc(OCOC)cc(Br)c21. The van der Waals surface area contributed by atoms with Crippen molar-refractivity contribution in [3.8, 4) is 5.75 Å². The van der Waals surface area contributed by atoms with E-state index in [1.807, 2.05) is 6.07 Å². The van der Waals surface area contributed by atoms with Crippen molar-refractivity contribution in [1.82, 2.24) is 0 Å². The number of halogens is 1. The molecule has 0 bridgehead atoms. The van der Waals surface area contributed by atoms with Crippen LogP contribution in [0.4, 0.5) is 0 Å². The number of aryl methyl sites for hydroxylation is 1. The Morgan fingerprint density at radius 1 is 1.40 bits per heavy atom. The minimum Gasteiger partial charge on any atom is -0.468 e. The second-order valence-corrected chi connectivity index (χ2v) is 4.45. The van der Waals surface area contributed by atoms with E-state index >= 15 is 0 Å². The molecule has 2 nitrogen and oxygen atoms in total. The maximum absolute atomic E-state index is 5.41. The summed E-state index contributed by atoms with van der Waals surface area (Å²) in [6, 6.07) is 4.03. The normalized spacial score (nSPS) is 14.1. The first-order valence-electron chi connectivity index (χ1n) is 4.84. The van der Waals surface area contributed by atoms with Gasteiger partial charge in [-0.3, -0.25) is 0 Å². The number of ether oxygens (including phenoxy) is 2. The highest BCUT2D eigenvalue weighted by atomic mass is 79.9. The summed E-state index contributed by atoms with van der Waals surface area (Å²) in [4.78, 5) is 0. The summed E-state index contributed by atoms with van der Waals surface area (Å²) in [5, 5.41) is 0. The zero-order valence-electron chi connectivity index (χ0n) is 8.68. The molecule has 3 heteroatoms. The van der Waals surface area contributed by atoms with Crippen LogP contribution < -0.4 is 4.74 Å². The molecule has 2 rings (SSSR count). The fourth-order valence-corrected chi connectivity index (χ4v) is 2.61. The predicted octanol–water partition coefficient (Wildman–Crippen LogP) is 3.39. The molecule has 0 radical (unpaired) electrons. The Hall–Kier alpha value is -0.800. The summed E-state index contributed by atoms with van der Waals surface area (Å²) in [5.74, 6) is 0.845. The molecule has 0 atom stereocenters. The highest BCUT2D eigenvalue weighted by molar-refractivity contribution is 9.10. The van der Waals surface area contributed by atoms with Gasteiger partial charge in [-0.1, -0.05) is 22.5 Å². The minimum absolute atomic E-state index is 0.284. The third-order valence-electron chi connectivity index (χ3n) is 2.54. The first-order chi connectivity index (χ1) is 7.22. The summed E-state index contributed by atoms with van der Waals surface area (Å²) in [6.07, 6.45) is 2.10. The second-order valence-electron chi connectivity index (χ2n) is 3.59. The molecule has 0 aliphatic heterocycles. The molecule has 1 aliphatic carbocycles. The first-order valence-corrected chi connectivity index (χ1v) is 5.64. The fourth-order valence-electron chi connectivity index (χ4n) is 1.85. The van der Waals surface area contributed by atoms with Crippen molar-refractivity contribution in [2.45, 2.75) is 12.8 Å². The van der Waals surface area contributed by atoms with Crippen molar-refractivity contribution in [2.75, 3.05) is 13.9 Å². The van der Waals surface area contributed by atoms with E-state index in [0.29, 0.717) is 0 Å². The van der Waals surface area contributed by atoms with E-state index < -0.39 is 0 Å². The largest absolute Gasteiger partial charge is 0.468 e. The van der Waals surface area contributed by atoms with E-state index in [0.717, 1.165) is 23.1 Å². The Balaban J connectivity index is 2.31. The molecule has 1 aromatic rings. The molecule has 0 spiro atoms. The number of fused-ring (bicyclic) bond motifs is 1. The Labute approximate surface area is 98.0 Å². The van der Waals surface area contributed by atoms with Crippen molar-refractivity contribution < 1.29 is 9.47 Å². The molecule has 0 fully saturated rings. The van der Waals surface area contributed by atoms with Gasteiger partial charge in [0.05, 0.1) is 0 Å². The van der Waals surface area contributed by atoms with Crippen LogP contribution in [-0.2, 0) is 11.2 Å². The summed E-state index contributed by atoms with van der Waals surface area (Å²) < 4.78 is 11.3. The van der Waals surface area contributed by atoms with Crippen molar-refractivity contribution >= 4 is 21.5 Å². The van der Waals surface area contributed by atoms with E-state index in [2.05, 4.69) is 28.6 Å². The van der Waals surface area contributed by atoms with Gasteiger partial charge in [0.25, 0.3) is 0 Å². The third kappa shape index (κ3) is 2.08. The average molecular weight is 269 g/mol. The summed E-state index contributed by atoms with van der Waals surface area (Å²) in [7, 11) is 1.62. The molecule has 0 saturated carbocycles. The van der Waals surface area contributed by atoms with Crippen LogP contribution in [0.5, 0.6) is 5.75 Å². The number of benzene rings is 1. The van der Waals surface area contributed by atoms with Gasteiger partial charge >= 0.3 is 0 Å². The Morgan fingerprint density at radius 2 is 2.20 bits per heavy atom. The highest BCUT2D eigenvalue weighted by Gasteiger charge is 2.18. The van der Waals surface area contributed by atoms with Crippen molar-refractivity contribution in [3.05, 3.63) is 34.3 Å². The van der Waals surface area contributed by atoms with Gasteiger partial charge in [0.1, 0.15) is 5.75 Å². The molecule has 15 heavy (non-hydrogen) atoms. The number of rotatable bonds is 3. The van der Waals surface area contributed by atoms with Gasteiger partial charge < -0.3 is 9.47 Å². The lowest BCUT2D eigenvalue weighted by Gasteiger charge is -2.09. The molecule has 0 aromatic heterocycles. The van der Waals surface area contributed by atoms with Crippen LogP contribution in [-0.4, -0.2) is 13.9 Å². The lowest BCUT2D eigenvalue weighted by Crippen LogP contribution is -1.99. The first kappa shape index (κ1) is 10.7. The molecule has 0 unspecified atom stereocenters. The van der Waals surface area contributed by atoms with Gasteiger partial charge in [0.2, 0.25) is 0 Å². The van der Waals surface area contributed by atoms with Gasteiger partial charge in [-0.15, -0.1) is 0 Å². The van der Waals surface area contributed by atoms with Crippen LogP contribution >= 0.6 is 15.9 Å². The van der Waals surface area contributed by atoms with Crippen molar-refractivity contribution in [1.29, 1.82) is 0 Å². The minimum atomic E-state index is 0.284. The number of methoxy groups -OCH3 is 1. The molecule has 0 amide bonds. The standard InChI is InChI=1S/C12H13BrO2/c1-8-3-4-9-5-10(15-7-14-2)6-11(13)12(8)9/h5-6H,1,3-4,7H2,2H3. The summed E-state index contributed by atoms with van der Waals surface area (Å²) >= 11 is 3.55. The van der Waals surface area contributed by atoms with E-state index in [-0.39, 0.29) is 6.79 Å². The van der Waals surface area contributed by atoms with Crippen molar-refractivity contribution in [3.63, 3.8) is 0 Å². The van der Waals surface area contributed by atoms with Gasteiger partial charge in [0, 0.05) is 11.6 Å². The van der Waals surface area contributed by atoms with Gasteiger partial charge in [-0.25, -0.2) is 0 Å². The van der Waals surface area contributed by atoms with Crippen LogP contribution in [0, 0.1) is 0 Å². The van der Waals surface area contributed by atoms with Crippen LogP contribution in [0.1, 0.15) is 17.5 Å². The molecule has 0 N–H and O–H groups in total. The van der Waals surface area contributed by atoms with Gasteiger partial charge in [-0.2, -0.15) is 0 Å². The van der Waals surface area contributed by atoms with E-state index in [9.17, 15) is 0 Å². The number of allylic oxidation sites excluding steroid dienone is 1. The Bertz CT molecular complexity index is 399. The number of hydrogen-bond acceptors (Lipinski definition) is 2. The monoisotopic (exact) mass is 268 g/mol. The predicted molar refractivity (Wildman–Crippen MR) is 64.0 cm³/mol. The molecule has 0 heterocycles. The third-order valence-corrected chi connectivity index (χ3v) is 3.16. The topological polar surface area (TPSA) is 18.5 Å². The van der Waals surface area contributed by atoms with Crippen LogP contribution in [0.2, 0.25) is 0 Å². The van der Waals surface area contributed by atoms with E-state index in [1.165, 1.54) is 16.7 Å². The zero-order valence-corrected chi connectivity index (χ0v) is 10.3. The molecule has 1 aliphatic rings. The van der Waals surface area contributed by atoms with Crippen LogP contribution in [0.15, 0.2) is 23.2 Å². The number of hydrogen-bond donors (Lipinski definition) is 0. The summed E-state index contributed by atoms with van der Waals surface area (Å²) in [5.41, 5.74) is 3.76. The lowest BCUT2D eigenvalue weighted by atomic mass is 10.1. The Kier molecular flexibility index (Phi) is 3.12. The maximum Gasteiger partial charge on any atom is 0.188 e. The van der Waals surface area contributed by atoms with Gasteiger partial charge in [0.15, 0.2) is 6.79 Å². The van der Waals surface area contributed by atoms with Gasteiger partial charge in [-0.05, 0) is 41.7 Å². The van der Waals surface area contributed by atoms with E-state index in [1.54, 1.807) is 7.11 Å². The Morgan fingerprint density at radius 3 is 2.93 bits per heavy atom. The zero-order chi connectivity index (χ0) is 10.8. The van der Waals surface area contributed by atoms with Crippen molar-refractivity contribution in [2.24, 2.45) is 0 Å². The summed E-state index contributed by atoms with van der Waals surface area (Å²) in [6.45, 7) is 4.34. The molecular weight excluding hydrogens is 256 g/mol. The van der Waals surface area contributed by atoms with Crippen LogP contribution in [0.3, 0.4) is 0 Å². The molecule has 80 valence electrons. The smallest absolute Gasteiger partial charge is 0.188 e. The maximum atomic E-state index is 5.41. The highest BCUT2D eigenvalue weighted by Crippen LogP contribution is 2.39. The van der Waals surface area contributed by atoms with E-state index in [4.69, 9.17) is 9.47 Å². The molecule has 1 aromatic carbocycles. The fraction of sp³-hybridized carbons (Fsp3) is 0.333. The lowest BCUT2D eigenvalue weighted by molar-refractivity contribution is 0.0510. The second kappa shape index (κ2) is 4.37. The average Bonchev–Trinajstić information content (AvgIpc) is 2.58. The van der Waals surface area contributed by atoms with Crippen LogP contribution in [0.25, 0.3) is 5.57 Å². The molecule has 0 saturated heterocycles. The quantitative estimate of drug-likeness (QED) is 0.783.